The van der Waals surface area contributed by atoms with E-state index in [1.807, 2.05) is 46.0 Å². The zero-order chi connectivity index (χ0) is 25.8. The molecular formula is C27H40BN5O3. The summed E-state index contributed by atoms with van der Waals surface area (Å²) >= 11 is 0. The fourth-order valence-electron chi connectivity index (χ4n) is 5.44. The standard InChI is InChI=1S/C27H40BN5O3/c1-18-16-33(19(2)15-32(18)21-9-8-10-21)22-11-12-24(29-14-22)30-23-13-20(17-31(7)25(23)34)28-35-26(3,4)27(5,6)36-28/h11-14,17-19,21H,8-10,15-16H2,1-7H3,(H,29,30)/t18-,19+/m1/s1. The molecule has 0 amide bonds. The van der Waals surface area contributed by atoms with Crippen LogP contribution in [0.25, 0.3) is 0 Å². The van der Waals surface area contributed by atoms with Gasteiger partial charge in [0.2, 0.25) is 0 Å². The van der Waals surface area contributed by atoms with E-state index in [1.54, 1.807) is 17.8 Å². The molecule has 1 aliphatic carbocycles. The molecule has 2 aromatic heterocycles. The fraction of sp³-hybridized carbons (Fsp3) is 0.630. The molecular weight excluding hydrogens is 453 g/mol. The van der Waals surface area contributed by atoms with E-state index in [1.165, 1.54) is 19.3 Å². The van der Waals surface area contributed by atoms with Gasteiger partial charge in [0.1, 0.15) is 11.5 Å². The second-order valence-corrected chi connectivity index (χ2v) is 11.8. The summed E-state index contributed by atoms with van der Waals surface area (Å²) in [6.45, 7) is 14.8. The number of aromatic nitrogens is 2. The van der Waals surface area contributed by atoms with Gasteiger partial charge >= 0.3 is 7.12 Å². The quantitative estimate of drug-likeness (QED) is 0.641. The fourth-order valence-corrected chi connectivity index (χ4v) is 5.44. The van der Waals surface area contributed by atoms with Crippen LogP contribution in [0.15, 0.2) is 35.4 Å². The van der Waals surface area contributed by atoms with Crippen molar-refractivity contribution in [2.75, 3.05) is 23.3 Å². The lowest BCUT2D eigenvalue weighted by Gasteiger charge is -2.50. The van der Waals surface area contributed by atoms with Gasteiger partial charge in [0.25, 0.3) is 5.56 Å². The van der Waals surface area contributed by atoms with Crippen LogP contribution in [0.1, 0.15) is 60.8 Å². The predicted molar refractivity (Wildman–Crippen MR) is 146 cm³/mol. The van der Waals surface area contributed by atoms with E-state index in [4.69, 9.17) is 9.31 Å². The van der Waals surface area contributed by atoms with E-state index < -0.39 is 18.3 Å². The molecule has 5 rings (SSSR count). The third kappa shape index (κ3) is 4.57. The Kier molecular flexibility index (Phi) is 6.46. The van der Waals surface area contributed by atoms with Crippen LogP contribution in [0, 0.1) is 0 Å². The third-order valence-electron chi connectivity index (χ3n) is 8.65. The van der Waals surface area contributed by atoms with Crippen LogP contribution in [0.5, 0.6) is 0 Å². The molecule has 36 heavy (non-hydrogen) atoms. The molecule has 8 nitrogen and oxygen atoms in total. The second-order valence-electron chi connectivity index (χ2n) is 11.8. The predicted octanol–water partition coefficient (Wildman–Crippen LogP) is 3.27. The molecule has 2 saturated heterocycles. The summed E-state index contributed by atoms with van der Waals surface area (Å²) in [4.78, 5) is 22.7. The summed E-state index contributed by atoms with van der Waals surface area (Å²) in [5.41, 5.74) is 1.33. The maximum absolute atomic E-state index is 12.9. The topological polar surface area (TPSA) is 71.9 Å². The van der Waals surface area contributed by atoms with Gasteiger partial charge in [0.05, 0.1) is 23.1 Å². The van der Waals surface area contributed by atoms with Gasteiger partial charge < -0.3 is 24.1 Å². The van der Waals surface area contributed by atoms with E-state index in [0.717, 1.165) is 30.3 Å². The first-order valence-electron chi connectivity index (χ1n) is 13.3. The second kappa shape index (κ2) is 9.19. The number of pyridine rings is 2. The Morgan fingerprint density at radius 2 is 1.75 bits per heavy atom. The maximum Gasteiger partial charge on any atom is 0.496 e. The monoisotopic (exact) mass is 493 g/mol. The van der Waals surface area contributed by atoms with Gasteiger partial charge in [-0.3, -0.25) is 9.69 Å². The Morgan fingerprint density at radius 1 is 1.06 bits per heavy atom. The van der Waals surface area contributed by atoms with Crippen molar-refractivity contribution >= 4 is 29.8 Å². The Labute approximate surface area is 215 Å². The van der Waals surface area contributed by atoms with Gasteiger partial charge in [0, 0.05) is 49.9 Å². The molecule has 0 spiro atoms. The molecule has 9 heteroatoms. The minimum absolute atomic E-state index is 0.129. The largest absolute Gasteiger partial charge is 0.496 e. The van der Waals surface area contributed by atoms with Gasteiger partial charge in [-0.2, -0.15) is 0 Å². The highest BCUT2D eigenvalue weighted by Crippen LogP contribution is 2.36. The number of hydrogen-bond acceptors (Lipinski definition) is 7. The summed E-state index contributed by atoms with van der Waals surface area (Å²) in [6, 6.07) is 7.59. The number of nitrogens with one attached hydrogen (secondary N) is 1. The lowest BCUT2D eigenvalue weighted by Crippen LogP contribution is -2.60. The molecule has 1 saturated carbocycles. The van der Waals surface area contributed by atoms with Gasteiger partial charge in [-0.15, -0.1) is 0 Å². The van der Waals surface area contributed by atoms with E-state index >= 15 is 0 Å². The minimum atomic E-state index is -0.542. The van der Waals surface area contributed by atoms with Crippen molar-refractivity contribution in [2.24, 2.45) is 7.05 Å². The molecule has 2 atom stereocenters. The van der Waals surface area contributed by atoms with Crippen LogP contribution >= 0.6 is 0 Å². The van der Waals surface area contributed by atoms with E-state index in [9.17, 15) is 4.79 Å². The lowest BCUT2D eigenvalue weighted by molar-refractivity contribution is 0.00578. The molecule has 4 heterocycles. The van der Waals surface area contributed by atoms with E-state index in [-0.39, 0.29) is 5.56 Å². The summed E-state index contributed by atoms with van der Waals surface area (Å²) in [6.07, 6.45) is 7.74. The Hall–Kier alpha value is -2.36. The molecule has 3 aliphatic rings. The van der Waals surface area contributed by atoms with Crippen LogP contribution in [0.3, 0.4) is 0 Å². The lowest BCUT2D eigenvalue weighted by atomic mass is 9.80. The minimum Gasteiger partial charge on any atom is -0.399 e. The number of nitrogens with zero attached hydrogens (tertiary/aromatic N) is 4. The highest BCUT2D eigenvalue weighted by molar-refractivity contribution is 6.62. The SMILES string of the molecule is C[C@@H]1CN(c2ccc(Nc3cc(B4OC(C)(C)C(C)(C)O4)cn(C)c3=O)nc2)[C@@H](C)CN1C1CCC1. The van der Waals surface area contributed by atoms with Crippen molar-refractivity contribution in [2.45, 2.75) is 90.1 Å². The number of rotatable bonds is 5. The number of aryl methyl sites for hydroxylation is 1. The molecule has 3 fully saturated rings. The highest BCUT2D eigenvalue weighted by atomic mass is 16.7. The smallest absolute Gasteiger partial charge is 0.399 e. The first kappa shape index (κ1) is 25.3. The summed E-state index contributed by atoms with van der Waals surface area (Å²) in [5.74, 6) is 0.635. The van der Waals surface area contributed by atoms with Crippen molar-refractivity contribution < 1.29 is 9.31 Å². The van der Waals surface area contributed by atoms with Gasteiger partial charge in [-0.05, 0) is 72.6 Å². The summed E-state index contributed by atoms with van der Waals surface area (Å²) < 4.78 is 13.9. The first-order chi connectivity index (χ1) is 16.9. The van der Waals surface area contributed by atoms with Crippen molar-refractivity contribution in [1.82, 2.24) is 14.5 Å². The van der Waals surface area contributed by atoms with Crippen LogP contribution in [-0.2, 0) is 16.4 Å². The molecule has 0 radical (unpaired) electrons. The normalized spacial score (nSPS) is 26.2. The van der Waals surface area contributed by atoms with Gasteiger partial charge in [0.15, 0.2) is 0 Å². The summed E-state index contributed by atoms with van der Waals surface area (Å²) in [5, 5.41) is 3.22. The molecule has 2 aliphatic heterocycles. The average Bonchev–Trinajstić information content (AvgIpc) is 3.00. The van der Waals surface area contributed by atoms with Crippen molar-refractivity contribution in [1.29, 1.82) is 0 Å². The maximum atomic E-state index is 12.9. The number of piperazine rings is 1. The Balaban J connectivity index is 1.31. The van der Waals surface area contributed by atoms with Crippen LogP contribution in [0.2, 0.25) is 0 Å². The zero-order valence-corrected chi connectivity index (χ0v) is 22.7. The van der Waals surface area contributed by atoms with Crippen molar-refractivity contribution in [3.8, 4) is 0 Å². The first-order valence-corrected chi connectivity index (χ1v) is 13.3. The van der Waals surface area contributed by atoms with E-state index in [0.29, 0.717) is 23.6 Å². The zero-order valence-electron chi connectivity index (χ0n) is 22.7. The van der Waals surface area contributed by atoms with Gasteiger partial charge in [-0.1, -0.05) is 6.42 Å². The Morgan fingerprint density at radius 3 is 2.33 bits per heavy atom. The number of hydrogen-bond donors (Lipinski definition) is 1. The van der Waals surface area contributed by atoms with Gasteiger partial charge in [-0.25, -0.2) is 4.98 Å². The van der Waals surface area contributed by atoms with Crippen LogP contribution < -0.4 is 21.2 Å². The molecule has 0 aromatic carbocycles. The molecule has 0 unspecified atom stereocenters. The van der Waals surface area contributed by atoms with Crippen molar-refractivity contribution in [3.05, 3.63) is 40.9 Å². The third-order valence-corrected chi connectivity index (χ3v) is 8.65. The molecule has 2 aromatic rings. The summed E-state index contributed by atoms with van der Waals surface area (Å²) in [7, 11) is 1.20. The molecule has 194 valence electrons. The molecule has 0 bridgehead atoms. The van der Waals surface area contributed by atoms with E-state index in [2.05, 4.69) is 40.0 Å². The average molecular weight is 493 g/mol. The number of anilines is 3. The highest BCUT2D eigenvalue weighted by Gasteiger charge is 2.52. The molecule has 1 N–H and O–H groups in total. The Bertz CT molecular complexity index is 1140. The van der Waals surface area contributed by atoms with Crippen molar-refractivity contribution in [3.63, 3.8) is 0 Å². The van der Waals surface area contributed by atoms with Crippen LogP contribution in [-0.4, -0.2) is 64.0 Å². The van der Waals surface area contributed by atoms with Crippen LogP contribution in [0.4, 0.5) is 17.2 Å².